The van der Waals surface area contributed by atoms with Crippen molar-refractivity contribution < 1.29 is 19.7 Å². The maximum Gasteiger partial charge on any atom is 0.312 e. The highest BCUT2D eigenvalue weighted by Crippen LogP contribution is 2.37. The van der Waals surface area contributed by atoms with Crippen LogP contribution in [-0.4, -0.2) is 35.0 Å². The Kier molecular flexibility index (Phi) is 2.14. The first-order chi connectivity index (χ1) is 5.40. The van der Waals surface area contributed by atoms with Crippen LogP contribution in [0.5, 0.6) is 0 Å². The molecule has 1 rings (SSSR count). The SMILES string of the molecule is CC(C)(C(=O)O)C1(O)CCOC1. The van der Waals surface area contributed by atoms with Gasteiger partial charge in [0.2, 0.25) is 0 Å². The number of hydrogen-bond acceptors (Lipinski definition) is 3. The van der Waals surface area contributed by atoms with Gasteiger partial charge in [0.15, 0.2) is 0 Å². The molecule has 1 aliphatic heterocycles. The minimum atomic E-state index is -1.21. The van der Waals surface area contributed by atoms with Crippen LogP contribution >= 0.6 is 0 Å². The van der Waals surface area contributed by atoms with E-state index in [0.29, 0.717) is 13.0 Å². The monoisotopic (exact) mass is 174 g/mol. The Morgan fingerprint density at radius 1 is 1.58 bits per heavy atom. The molecule has 0 bridgehead atoms. The van der Waals surface area contributed by atoms with E-state index in [9.17, 15) is 9.90 Å². The van der Waals surface area contributed by atoms with Crippen molar-refractivity contribution in [1.82, 2.24) is 0 Å². The molecule has 12 heavy (non-hydrogen) atoms. The molecule has 0 aliphatic carbocycles. The van der Waals surface area contributed by atoms with Crippen LogP contribution in [0.2, 0.25) is 0 Å². The van der Waals surface area contributed by atoms with Crippen molar-refractivity contribution in [3.8, 4) is 0 Å². The van der Waals surface area contributed by atoms with Gasteiger partial charge in [-0.1, -0.05) is 0 Å². The molecule has 4 heteroatoms. The molecule has 0 amide bonds. The molecule has 1 atom stereocenters. The van der Waals surface area contributed by atoms with Crippen LogP contribution in [0.1, 0.15) is 20.3 Å². The summed E-state index contributed by atoms with van der Waals surface area (Å²) in [5.41, 5.74) is -2.34. The summed E-state index contributed by atoms with van der Waals surface area (Å²) in [7, 11) is 0. The zero-order valence-electron chi connectivity index (χ0n) is 7.33. The standard InChI is InChI=1S/C8H14O4/c1-7(2,6(9)10)8(11)3-4-12-5-8/h11H,3-5H2,1-2H3,(H,9,10). The lowest BCUT2D eigenvalue weighted by Crippen LogP contribution is -2.50. The van der Waals surface area contributed by atoms with E-state index in [0.717, 1.165) is 0 Å². The number of carbonyl (C=O) groups is 1. The summed E-state index contributed by atoms with van der Waals surface area (Å²) in [5, 5.41) is 18.7. The van der Waals surface area contributed by atoms with Crippen LogP contribution in [0, 0.1) is 5.41 Å². The molecule has 0 aromatic heterocycles. The van der Waals surface area contributed by atoms with Gasteiger partial charge in [0.1, 0.15) is 5.60 Å². The predicted molar refractivity (Wildman–Crippen MR) is 41.8 cm³/mol. The Morgan fingerprint density at radius 2 is 2.17 bits per heavy atom. The fourth-order valence-electron chi connectivity index (χ4n) is 1.25. The first kappa shape index (κ1) is 9.48. The van der Waals surface area contributed by atoms with E-state index in [-0.39, 0.29) is 6.61 Å². The lowest BCUT2D eigenvalue weighted by atomic mass is 9.74. The molecule has 0 aromatic rings. The number of ether oxygens (including phenoxy) is 1. The fourth-order valence-corrected chi connectivity index (χ4v) is 1.25. The molecule has 0 saturated carbocycles. The molecular formula is C8H14O4. The molecule has 1 unspecified atom stereocenters. The van der Waals surface area contributed by atoms with Gasteiger partial charge in [-0.2, -0.15) is 0 Å². The molecule has 1 fully saturated rings. The second-order valence-electron chi connectivity index (χ2n) is 3.76. The van der Waals surface area contributed by atoms with Crippen molar-refractivity contribution in [3.05, 3.63) is 0 Å². The minimum Gasteiger partial charge on any atom is -0.481 e. The minimum absolute atomic E-state index is 0.117. The van der Waals surface area contributed by atoms with Crippen LogP contribution < -0.4 is 0 Å². The van der Waals surface area contributed by atoms with Gasteiger partial charge in [-0.3, -0.25) is 4.79 Å². The van der Waals surface area contributed by atoms with E-state index < -0.39 is 17.0 Å². The van der Waals surface area contributed by atoms with E-state index in [1.54, 1.807) is 0 Å². The molecule has 0 spiro atoms. The Bertz CT molecular complexity index is 191. The third kappa shape index (κ3) is 1.21. The maximum atomic E-state index is 10.8. The molecule has 2 N–H and O–H groups in total. The predicted octanol–water partition coefficient (Wildman–Crippen LogP) is 0.249. The largest absolute Gasteiger partial charge is 0.481 e. The lowest BCUT2D eigenvalue weighted by molar-refractivity contribution is -0.164. The third-order valence-electron chi connectivity index (χ3n) is 2.70. The maximum absolute atomic E-state index is 10.8. The zero-order valence-corrected chi connectivity index (χ0v) is 7.33. The fraction of sp³-hybridized carbons (Fsp3) is 0.875. The highest BCUT2D eigenvalue weighted by Gasteiger charge is 2.51. The van der Waals surface area contributed by atoms with Gasteiger partial charge in [0.05, 0.1) is 12.0 Å². The van der Waals surface area contributed by atoms with E-state index in [2.05, 4.69) is 0 Å². The Morgan fingerprint density at radius 3 is 2.50 bits per heavy atom. The van der Waals surface area contributed by atoms with E-state index >= 15 is 0 Å². The summed E-state index contributed by atoms with van der Waals surface area (Å²) in [6, 6.07) is 0. The van der Waals surface area contributed by atoms with Gasteiger partial charge < -0.3 is 14.9 Å². The van der Waals surface area contributed by atoms with Crippen LogP contribution in [0.3, 0.4) is 0 Å². The molecule has 1 aliphatic rings. The van der Waals surface area contributed by atoms with Crippen LogP contribution in [0.25, 0.3) is 0 Å². The number of hydrogen-bond donors (Lipinski definition) is 2. The lowest BCUT2D eigenvalue weighted by Gasteiger charge is -2.34. The second kappa shape index (κ2) is 2.71. The number of carboxylic acid groups (broad SMARTS) is 1. The van der Waals surface area contributed by atoms with Crippen molar-refractivity contribution in [3.63, 3.8) is 0 Å². The van der Waals surface area contributed by atoms with Crippen molar-refractivity contribution in [2.24, 2.45) is 5.41 Å². The first-order valence-corrected chi connectivity index (χ1v) is 3.94. The van der Waals surface area contributed by atoms with Gasteiger partial charge in [-0.15, -0.1) is 0 Å². The smallest absolute Gasteiger partial charge is 0.312 e. The van der Waals surface area contributed by atoms with Gasteiger partial charge in [0.25, 0.3) is 0 Å². The van der Waals surface area contributed by atoms with Gasteiger partial charge >= 0.3 is 5.97 Å². The average molecular weight is 174 g/mol. The summed E-state index contributed by atoms with van der Waals surface area (Å²) in [4.78, 5) is 10.8. The average Bonchev–Trinajstić information content (AvgIpc) is 2.37. The van der Waals surface area contributed by atoms with Gasteiger partial charge in [-0.25, -0.2) is 0 Å². The molecule has 70 valence electrons. The Labute approximate surface area is 71.2 Å². The second-order valence-corrected chi connectivity index (χ2v) is 3.76. The summed E-state index contributed by atoms with van der Waals surface area (Å²) in [6.07, 6.45) is 0.395. The Hall–Kier alpha value is -0.610. The van der Waals surface area contributed by atoms with Crippen molar-refractivity contribution in [1.29, 1.82) is 0 Å². The summed E-state index contributed by atoms with van der Waals surface area (Å²) in [6.45, 7) is 3.59. The molecule has 0 aromatic carbocycles. The van der Waals surface area contributed by atoms with E-state index in [1.807, 2.05) is 0 Å². The molecule has 1 saturated heterocycles. The van der Waals surface area contributed by atoms with Crippen molar-refractivity contribution >= 4 is 5.97 Å². The number of rotatable bonds is 2. The van der Waals surface area contributed by atoms with E-state index in [1.165, 1.54) is 13.8 Å². The molecule has 1 heterocycles. The van der Waals surface area contributed by atoms with Gasteiger partial charge in [0, 0.05) is 13.0 Å². The third-order valence-corrected chi connectivity index (χ3v) is 2.70. The number of aliphatic hydroxyl groups is 1. The Balaban J connectivity index is 2.85. The topological polar surface area (TPSA) is 66.8 Å². The highest BCUT2D eigenvalue weighted by molar-refractivity contribution is 5.75. The first-order valence-electron chi connectivity index (χ1n) is 3.94. The molecule has 4 nitrogen and oxygen atoms in total. The van der Waals surface area contributed by atoms with Crippen molar-refractivity contribution in [2.75, 3.05) is 13.2 Å². The highest BCUT2D eigenvalue weighted by atomic mass is 16.5. The molecule has 0 radical (unpaired) electrons. The number of carboxylic acids is 1. The zero-order chi connectivity index (χ0) is 9.41. The van der Waals surface area contributed by atoms with Crippen LogP contribution in [-0.2, 0) is 9.53 Å². The van der Waals surface area contributed by atoms with Crippen LogP contribution in [0.15, 0.2) is 0 Å². The van der Waals surface area contributed by atoms with Crippen LogP contribution in [0.4, 0.5) is 0 Å². The van der Waals surface area contributed by atoms with E-state index in [4.69, 9.17) is 9.84 Å². The molecular weight excluding hydrogens is 160 g/mol. The normalized spacial score (nSPS) is 30.6. The van der Waals surface area contributed by atoms with Gasteiger partial charge in [-0.05, 0) is 13.8 Å². The summed E-state index contributed by atoms with van der Waals surface area (Å²) >= 11 is 0. The summed E-state index contributed by atoms with van der Waals surface area (Å²) in [5.74, 6) is -0.990. The quantitative estimate of drug-likeness (QED) is 0.629. The summed E-state index contributed by atoms with van der Waals surface area (Å²) < 4.78 is 4.98. The van der Waals surface area contributed by atoms with Crippen molar-refractivity contribution in [2.45, 2.75) is 25.9 Å². The number of aliphatic carboxylic acids is 1.